The van der Waals surface area contributed by atoms with Crippen LogP contribution in [-0.4, -0.2) is 16.6 Å². The van der Waals surface area contributed by atoms with E-state index in [1.165, 1.54) is 0 Å². The van der Waals surface area contributed by atoms with Gasteiger partial charge >= 0.3 is 0 Å². The predicted octanol–water partition coefficient (Wildman–Crippen LogP) is 1.33. The molecule has 15 heavy (non-hydrogen) atoms. The second kappa shape index (κ2) is 5.31. The predicted molar refractivity (Wildman–Crippen MR) is 59.6 cm³/mol. The van der Waals surface area contributed by atoms with E-state index in [1.54, 1.807) is 13.0 Å². The Morgan fingerprint density at radius 1 is 1.47 bits per heavy atom. The fourth-order valence-electron chi connectivity index (χ4n) is 1.12. The first-order valence-corrected chi connectivity index (χ1v) is 4.74. The number of anilines is 1. The summed E-state index contributed by atoms with van der Waals surface area (Å²) in [5, 5.41) is 0. The van der Waals surface area contributed by atoms with Gasteiger partial charge in [0, 0.05) is 0 Å². The fourth-order valence-corrected chi connectivity index (χ4v) is 1.12. The highest BCUT2D eigenvalue weighted by molar-refractivity contribution is 5.47. The Balaban J connectivity index is 2.86. The Hall–Kier alpha value is -1.62. The molecule has 5 nitrogen and oxygen atoms in total. The van der Waals surface area contributed by atoms with Gasteiger partial charge in [0.15, 0.2) is 0 Å². The van der Waals surface area contributed by atoms with Crippen molar-refractivity contribution in [3.05, 3.63) is 24.0 Å². The van der Waals surface area contributed by atoms with Gasteiger partial charge in [0.05, 0.1) is 12.2 Å². The molecule has 5 heteroatoms. The molecule has 0 unspecified atom stereocenters. The van der Waals surface area contributed by atoms with Crippen LogP contribution in [-0.2, 0) is 0 Å². The number of nitrogens with zero attached hydrogens (tertiary/aromatic N) is 2. The smallest absolute Gasteiger partial charge is 0.221 e. The van der Waals surface area contributed by atoms with Gasteiger partial charge in [-0.3, -0.25) is 0 Å². The maximum Gasteiger partial charge on any atom is 0.221 e. The maximum absolute atomic E-state index is 5.48. The summed E-state index contributed by atoms with van der Waals surface area (Å²) in [5.74, 6) is 7.12. The van der Waals surface area contributed by atoms with E-state index in [0.29, 0.717) is 24.1 Å². The van der Waals surface area contributed by atoms with Gasteiger partial charge in [-0.1, -0.05) is 6.08 Å². The summed E-state index contributed by atoms with van der Waals surface area (Å²) in [4.78, 5) is 8.32. The molecule has 0 fully saturated rings. The molecule has 0 saturated carbocycles. The Morgan fingerprint density at radius 2 is 2.20 bits per heavy atom. The second-order valence-electron chi connectivity index (χ2n) is 3.12. The van der Waals surface area contributed by atoms with Crippen LogP contribution in [0.25, 0.3) is 0 Å². The van der Waals surface area contributed by atoms with E-state index in [2.05, 4.69) is 22.0 Å². The molecule has 0 aliphatic heterocycles. The number of hydrogen-bond donors (Lipinski definition) is 2. The lowest BCUT2D eigenvalue weighted by molar-refractivity contribution is 0.309. The summed E-state index contributed by atoms with van der Waals surface area (Å²) < 4.78 is 5.48. The van der Waals surface area contributed by atoms with Crippen LogP contribution < -0.4 is 16.0 Å². The summed E-state index contributed by atoms with van der Waals surface area (Å²) in [6.07, 6.45) is 2.58. The number of nitrogens with one attached hydrogen (secondary N) is 1. The number of hydrazine groups is 1. The number of aryl methyl sites for hydroxylation is 1. The van der Waals surface area contributed by atoms with E-state index in [0.717, 1.165) is 12.0 Å². The zero-order valence-corrected chi connectivity index (χ0v) is 9.08. The van der Waals surface area contributed by atoms with E-state index in [4.69, 9.17) is 10.6 Å². The summed E-state index contributed by atoms with van der Waals surface area (Å²) in [5.41, 5.74) is 3.33. The van der Waals surface area contributed by atoms with Crippen molar-refractivity contribution in [1.82, 2.24) is 9.97 Å². The highest BCUT2D eigenvalue weighted by atomic mass is 16.5. The average molecular weight is 208 g/mol. The molecule has 0 radical (unpaired) electrons. The summed E-state index contributed by atoms with van der Waals surface area (Å²) >= 11 is 0. The first kappa shape index (κ1) is 11.5. The number of nitrogen functional groups attached to an aromatic ring is 1. The van der Waals surface area contributed by atoms with Gasteiger partial charge in [-0.15, -0.1) is 6.58 Å². The Bertz CT molecular complexity index is 352. The zero-order chi connectivity index (χ0) is 11.3. The highest BCUT2D eigenvalue weighted by Gasteiger charge is 2.08. The molecule has 1 aromatic heterocycles. The minimum atomic E-state index is 0.560. The third kappa shape index (κ3) is 2.92. The van der Waals surface area contributed by atoms with Crippen molar-refractivity contribution >= 4 is 5.82 Å². The van der Waals surface area contributed by atoms with E-state index in [1.807, 2.05) is 6.92 Å². The van der Waals surface area contributed by atoms with Crippen molar-refractivity contribution in [1.29, 1.82) is 0 Å². The van der Waals surface area contributed by atoms with Gasteiger partial charge in [0.1, 0.15) is 11.6 Å². The third-order valence-corrected chi connectivity index (χ3v) is 1.91. The van der Waals surface area contributed by atoms with Crippen LogP contribution in [0, 0.1) is 13.8 Å². The third-order valence-electron chi connectivity index (χ3n) is 1.91. The normalized spacial score (nSPS) is 9.80. The van der Waals surface area contributed by atoms with Gasteiger partial charge in [0.2, 0.25) is 5.88 Å². The maximum atomic E-state index is 5.48. The molecule has 0 spiro atoms. The molecule has 3 N–H and O–H groups in total. The molecule has 1 rings (SSSR count). The number of hydrogen-bond acceptors (Lipinski definition) is 5. The minimum Gasteiger partial charge on any atom is -0.477 e. The lowest BCUT2D eigenvalue weighted by Gasteiger charge is -2.10. The number of aromatic nitrogens is 2. The first-order chi connectivity index (χ1) is 7.19. The van der Waals surface area contributed by atoms with Crippen LogP contribution in [0.5, 0.6) is 5.88 Å². The fraction of sp³-hybridized carbons (Fsp3) is 0.400. The van der Waals surface area contributed by atoms with Crippen LogP contribution in [0.4, 0.5) is 5.82 Å². The first-order valence-electron chi connectivity index (χ1n) is 4.74. The molecule has 1 heterocycles. The second-order valence-corrected chi connectivity index (χ2v) is 3.12. The Labute approximate surface area is 89.3 Å². The molecular weight excluding hydrogens is 192 g/mol. The van der Waals surface area contributed by atoms with E-state index in [9.17, 15) is 0 Å². The number of rotatable bonds is 5. The van der Waals surface area contributed by atoms with Crippen molar-refractivity contribution in [3.8, 4) is 5.88 Å². The van der Waals surface area contributed by atoms with Crippen molar-refractivity contribution in [2.45, 2.75) is 20.3 Å². The van der Waals surface area contributed by atoms with Gasteiger partial charge < -0.3 is 10.2 Å². The average Bonchev–Trinajstić information content (AvgIpc) is 2.23. The van der Waals surface area contributed by atoms with Crippen molar-refractivity contribution in [2.75, 3.05) is 12.0 Å². The minimum absolute atomic E-state index is 0.560. The quantitative estimate of drug-likeness (QED) is 0.330. The highest BCUT2D eigenvalue weighted by Crippen LogP contribution is 2.20. The van der Waals surface area contributed by atoms with E-state index < -0.39 is 0 Å². The summed E-state index contributed by atoms with van der Waals surface area (Å²) in [6, 6.07) is 0. The standard InChI is InChI=1S/C10H16N4O/c1-4-5-6-15-10-7(2)9(14-11)12-8(3)13-10/h4H,1,5-6,11H2,2-3H3,(H,12,13,14). The molecule has 0 amide bonds. The van der Waals surface area contributed by atoms with Crippen LogP contribution in [0.2, 0.25) is 0 Å². The zero-order valence-electron chi connectivity index (χ0n) is 9.08. The monoisotopic (exact) mass is 208 g/mol. The molecule has 0 aliphatic rings. The topological polar surface area (TPSA) is 73.1 Å². The molecule has 82 valence electrons. The van der Waals surface area contributed by atoms with Crippen molar-refractivity contribution < 1.29 is 4.74 Å². The SMILES string of the molecule is C=CCCOc1nc(C)nc(NN)c1C. The van der Waals surface area contributed by atoms with Crippen molar-refractivity contribution in [2.24, 2.45) is 5.84 Å². The van der Waals surface area contributed by atoms with Gasteiger partial charge in [0.25, 0.3) is 0 Å². The van der Waals surface area contributed by atoms with Crippen LogP contribution in [0.15, 0.2) is 12.7 Å². The largest absolute Gasteiger partial charge is 0.477 e. The van der Waals surface area contributed by atoms with Gasteiger partial charge in [-0.05, 0) is 20.3 Å². The molecule has 0 saturated heterocycles. The van der Waals surface area contributed by atoms with Gasteiger partial charge in [-0.25, -0.2) is 10.8 Å². The lowest BCUT2D eigenvalue weighted by Crippen LogP contribution is -2.13. The Morgan fingerprint density at radius 3 is 2.80 bits per heavy atom. The van der Waals surface area contributed by atoms with Crippen LogP contribution >= 0.6 is 0 Å². The van der Waals surface area contributed by atoms with Crippen LogP contribution in [0.3, 0.4) is 0 Å². The number of ether oxygens (including phenoxy) is 1. The molecule has 0 bridgehead atoms. The van der Waals surface area contributed by atoms with E-state index in [-0.39, 0.29) is 0 Å². The molecule has 0 atom stereocenters. The molecule has 1 aromatic rings. The van der Waals surface area contributed by atoms with E-state index >= 15 is 0 Å². The van der Waals surface area contributed by atoms with Gasteiger partial charge in [-0.2, -0.15) is 4.98 Å². The lowest BCUT2D eigenvalue weighted by atomic mass is 10.3. The summed E-state index contributed by atoms with van der Waals surface area (Å²) in [7, 11) is 0. The molecular formula is C10H16N4O. The number of nitrogens with two attached hydrogens (primary N) is 1. The summed E-state index contributed by atoms with van der Waals surface area (Å²) in [6.45, 7) is 7.83. The van der Waals surface area contributed by atoms with Crippen molar-refractivity contribution in [3.63, 3.8) is 0 Å². The molecule has 0 aliphatic carbocycles. The molecule has 0 aromatic carbocycles. The van der Waals surface area contributed by atoms with Crippen LogP contribution in [0.1, 0.15) is 17.8 Å². The Kier molecular flexibility index (Phi) is 4.05.